The first kappa shape index (κ1) is 15.7. The van der Waals surface area contributed by atoms with Crippen LogP contribution in [-0.2, 0) is 4.79 Å². The minimum absolute atomic E-state index is 0.0494. The summed E-state index contributed by atoms with van der Waals surface area (Å²) in [6.07, 6.45) is 3.64. The van der Waals surface area contributed by atoms with Gasteiger partial charge in [0.2, 0.25) is 0 Å². The fourth-order valence-corrected chi connectivity index (χ4v) is 3.36. The summed E-state index contributed by atoms with van der Waals surface area (Å²) in [4.78, 5) is 28.7. The smallest absolute Gasteiger partial charge is 0.328 e. The van der Waals surface area contributed by atoms with Crippen LogP contribution >= 0.6 is 11.3 Å². The largest absolute Gasteiger partial charge is 0.478 e. The zero-order chi connectivity index (χ0) is 15.4. The molecule has 0 aromatic carbocycles. The van der Waals surface area contributed by atoms with Crippen molar-refractivity contribution in [2.75, 3.05) is 33.2 Å². The fraction of sp³-hybridized carbons (Fsp3) is 0.467. The van der Waals surface area contributed by atoms with Gasteiger partial charge in [-0.05, 0) is 44.6 Å². The van der Waals surface area contributed by atoms with Crippen LogP contribution in [0.2, 0.25) is 0 Å². The molecule has 1 aromatic rings. The lowest BCUT2D eigenvalue weighted by molar-refractivity contribution is -0.131. The monoisotopic (exact) mass is 308 g/mol. The van der Waals surface area contributed by atoms with Crippen molar-refractivity contribution in [1.29, 1.82) is 0 Å². The van der Waals surface area contributed by atoms with Gasteiger partial charge in [0.25, 0.3) is 5.91 Å². The van der Waals surface area contributed by atoms with E-state index in [-0.39, 0.29) is 5.91 Å². The number of carboxylic acids is 1. The molecule has 6 heteroatoms. The first-order chi connectivity index (χ1) is 9.97. The molecule has 5 nitrogen and oxygen atoms in total. The first-order valence-electron chi connectivity index (χ1n) is 6.96. The molecule has 1 fully saturated rings. The molecular formula is C15H20N2O3S. The molecule has 114 valence electrons. The summed E-state index contributed by atoms with van der Waals surface area (Å²) in [6.45, 7) is 5.32. The van der Waals surface area contributed by atoms with Crippen molar-refractivity contribution in [1.82, 2.24) is 9.80 Å². The Kier molecular flexibility index (Phi) is 5.14. The molecule has 0 unspecified atom stereocenters. The van der Waals surface area contributed by atoms with E-state index in [4.69, 9.17) is 5.11 Å². The quantitative estimate of drug-likeness (QED) is 0.867. The maximum absolute atomic E-state index is 12.5. The van der Waals surface area contributed by atoms with E-state index in [9.17, 15) is 9.59 Å². The van der Waals surface area contributed by atoms with Gasteiger partial charge in [-0.3, -0.25) is 4.79 Å². The molecule has 2 rings (SSSR count). The highest BCUT2D eigenvalue weighted by atomic mass is 32.1. The maximum atomic E-state index is 12.5. The molecule has 1 aliphatic rings. The van der Waals surface area contributed by atoms with Gasteiger partial charge in [-0.25, -0.2) is 4.79 Å². The summed E-state index contributed by atoms with van der Waals surface area (Å²) in [5.41, 5.74) is 0.938. The van der Waals surface area contributed by atoms with Crippen LogP contribution in [0.5, 0.6) is 0 Å². The predicted octanol–water partition coefficient (Wildman–Crippen LogP) is 1.93. The Morgan fingerprint density at radius 3 is 2.76 bits per heavy atom. The number of carboxylic acid groups (broad SMARTS) is 1. The number of hydrogen-bond acceptors (Lipinski definition) is 4. The number of rotatable bonds is 3. The average Bonchev–Trinajstić information content (AvgIpc) is 2.66. The Morgan fingerprint density at radius 2 is 2.05 bits per heavy atom. The van der Waals surface area contributed by atoms with Crippen molar-refractivity contribution < 1.29 is 14.7 Å². The topological polar surface area (TPSA) is 60.9 Å². The molecule has 21 heavy (non-hydrogen) atoms. The molecule has 0 bridgehead atoms. The molecule has 1 aromatic heterocycles. The third kappa shape index (κ3) is 4.15. The standard InChI is InChI=1S/C15H20N2O3S/c1-11-10-13(21-12(11)4-5-14(18)19)15(20)17-7-3-6-16(2)8-9-17/h4-5,10H,3,6-9H2,1-2H3,(H,18,19)/b5-4+. The van der Waals surface area contributed by atoms with Crippen molar-refractivity contribution in [3.63, 3.8) is 0 Å². The molecule has 1 saturated heterocycles. The highest BCUT2D eigenvalue weighted by Gasteiger charge is 2.21. The first-order valence-corrected chi connectivity index (χ1v) is 7.78. The van der Waals surface area contributed by atoms with Crippen molar-refractivity contribution in [3.8, 4) is 0 Å². The van der Waals surface area contributed by atoms with Gasteiger partial charge in [-0.15, -0.1) is 11.3 Å². The van der Waals surface area contributed by atoms with Gasteiger partial charge in [0.15, 0.2) is 0 Å². The van der Waals surface area contributed by atoms with Gasteiger partial charge in [-0.2, -0.15) is 0 Å². The van der Waals surface area contributed by atoms with Gasteiger partial charge in [0.1, 0.15) is 0 Å². The number of nitrogens with zero attached hydrogens (tertiary/aromatic N) is 2. The molecule has 1 amide bonds. The van der Waals surface area contributed by atoms with Gasteiger partial charge in [0, 0.05) is 30.6 Å². The Hall–Kier alpha value is -1.66. The van der Waals surface area contributed by atoms with Crippen molar-refractivity contribution in [2.24, 2.45) is 0 Å². The molecule has 0 aliphatic carbocycles. The lowest BCUT2D eigenvalue weighted by atomic mass is 10.2. The van der Waals surface area contributed by atoms with Gasteiger partial charge in [0.05, 0.1) is 4.88 Å². The second kappa shape index (κ2) is 6.87. The third-order valence-corrected chi connectivity index (χ3v) is 4.74. The SMILES string of the molecule is Cc1cc(C(=O)N2CCCN(C)CC2)sc1/C=C/C(=O)O. The minimum atomic E-state index is -0.980. The van der Waals surface area contributed by atoms with Crippen molar-refractivity contribution in [2.45, 2.75) is 13.3 Å². The predicted molar refractivity (Wildman–Crippen MR) is 83.7 cm³/mol. The van der Waals surface area contributed by atoms with E-state index in [0.29, 0.717) is 4.88 Å². The van der Waals surface area contributed by atoms with Crippen LogP contribution in [0, 0.1) is 6.92 Å². The van der Waals surface area contributed by atoms with Crippen LogP contribution in [0.4, 0.5) is 0 Å². The summed E-state index contributed by atoms with van der Waals surface area (Å²) in [5, 5.41) is 8.68. The molecule has 0 saturated carbocycles. The minimum Gasteiger partial charge on any atom is -0.478 e. The third-order valence-electron chi connectivity index (χ3n) is 3.55. The van der Waals surface area contributed by atoms with E-state index in [1.165, 1.54) is 11.3 Å². The molecular weight excluding hydrogens is 288 g/mol. The van der Waals surface area contributed by atoms with E-state index in [0.717, 1.165) is 49.1 Å². The van der Waals surface area contributed by atoms with E-state index in [1.54, 1.807) is 6.08 Å². The molecule has 1 N–H and O–H groups in total. The van der Waals surface area contributed by atoms with Crippen LogP contribution in [-0.4, -0.2) is 60.0 Å². The van der Waals surface area contributed by atoms with E-state index in [1.807, 2.05) is 17.9 Å². The number of hydrogen-bond donors (Lipinski definition) is 1. The maximum Gasteiger partial charge on any atom is 0.328 e. The summed E-state index contributed by atoms with van der Waals surface area (Å²) in [6, 6.07) is 1.85. The molecule has 0 spiro atoms. The number of likely N-dealkylation sites (N-methyl/N-ethyl adjacent to an activating group) is 1. The Morgan fingerprint density at radius 1 is 1.29 bits per heavy atom. The number of carbonyl (C=O) groups excluding carboxylic acids is 1. The molecule has 0 radical (unpaired) electrons. The number of thiophene rings is 1. The summed E-state index contributed by atoms with van der Waals surface area (Å²) >= 11 is 1.36. The van der Waals surface area contributed by atoms with E-state index < -0.39 is 5.97 Å². The van der Waals surface area contributed by atoms with Crippen LogP contribution < -0.4 is 0 Å². The van der Waals surface area contributed by atoms with Crippen LogP contribution in [0.25, 0.3) is 6.08 Å². The van der Waals surface area contributed by atoms with E-state index in [2.05, 4.69) is 11.9 Å². The normalized spacial score (nSPS) is 17.1. The van der Waals surface area contributed by atoms with Crippen LogP contribution in [0.3, 0.4) is 0 Å². The number of carbonyl (C=O) groups is 2. The summed E-state index contributed by atoms with van der Waals surface area (Å²) < 4.78 is 0. The molecule has 0 atom stereocenters. The number of aliphatic carboxylic acids is 1. The van der Waals surface area contributed by atoms with Gasteiger partial charge in [-0.1, -0.05) is 0 Å². The highest BCUT2D eigenvalue weighted by molar-refractivity contribution is 7.15. The van der Waals surface area contributed by atoms with Crippen LogP contribution in [0.1, 0.15) is 26.5 Å². The van der Waals surface area contributed by atoms with Gasteiger partial charge >= 0.3 is 5.97 Å². The molecule has 1 aliphatic heterocycles. The van der Waals surface area contributed by atoms with Crippen molar-refractivity contribution >= 4 is 29.3 Å². The van der Waals surface area contributed by atoms with Gasteiger partial charge < -0.3 is 14.9 Å². The number of amides is 1. The second-order valence-electron chi connectivity index (χ2n) is 5.28. The van der Waals surface area contributed by atoms with E-state index >= 15 is 0 Å². The summed E-state index contributed by atoms with van der Waals surface area (Å²) in [7, 11) is 2.07. The second-order valence-corrected chi connectivity index (χ2v) is 6.36. The highest BCUT2D eigenvalue weighted by Crippen LogP contribution is 2.25. The number of aryl methyl sites for hydroxylation is 1. The Bertz CT molecular complexity index is 565. The Balaban J connectivity index is 2.12. The average molecular weight is 308 g/mol. The zero-order valence-corrected chi connectivity index (χ0v) is 13.2. The lowest BCUT2D eigenvalue weighted by Crippen LogP contribution is -2.34. The van der Waals surface area contributed by atoms with Crippen LogP contribution in [0.15, 0.2) is 12.1 Å². The van der Waals surface area contributed by atoms with Crippen molar-refractivity contribution in [3.05, 3.63) is 27.5 Å². The fourth-order valence-electron chi connectivity index (χ4n) is 2.32. The Labute approximate surface area is 128 Å². The zero-order valence-electron chi connectivity index (χ0n) is 12.3. The lowest BCUT2D eigenvalue weighted by Gasteiger charge is -2.19. The molecule has 2 heterocycles. The summed E-state index contributed by atoms with van der Waals surface area (Å²) in [5.74, 6) is -0.931.